The Morgan fingerprint density at radius 2 is 2.17 bits per heavy atom. The molecule has 2 nitrogen and oxygen atoms in total. The molecule has 0 spiro atoms. The van der Waals surface area contributed by atoms with Gasteiger partial charge in [0.15, 0.2) is 0 Å². The van der Waals surface area contributed by atoms with E-state index < -0.39 is 0 Å². The van der Waals surface area contributed by atoms with E-state index in [2.05, 4.69) is 51.6 Å². The molecule has 0 aromatic heterocycles. The third kappa shape index (κ3) is 2.56. The van der Waals surface area contributed by atoms with E-state index in [-0.39, 0.29) is 11.9 Å². The van der Waals surface area contributed by atoms with Gasteiger partial charge >= 0.3 is 0 Å². The zero-order chi connectivity index (χ0) is 13.3. The highest BCUT2D eigenvalue weighted by molar-refractivity contribution is 7.80. The van der Waals surface area contributed by atoms with E-state index in [9.17, 15) is 4.79 Å². The van der Waals surface area contributed by atoms with Gasteiger partial charge in [0.2, 0.25) is 5.91 Å². The molecule has 0 saturated carbocycles. The molecule has 0 aliphatic carbocycles. The molecule has 1 aromatic carbocycles. The highest BCUT2D eigenvalue weighted by atomic mass is 32.1. The van der Waals surface area contributed by atoms with Crippen LogP contribution in [0.1, 0.15) is 36.1 Å². The molecule has 1 aliphatic heterocycles. The fourth-order valence-electron chi connectivity index (χ4n) is 2.77. The molecule has 1 aromatic rings. The Kier molecular flexibility index (Phi) is 4.00. The Hall–Kier alpha value is -0.960. The smallest absolute Gasteiger partial charge is 0.223 e. The minimum Gasteiger partial charge on any atom is -0.336 e. The number of rotatable bonds is 3. The second-order valence-electron chi connectivity index (χ2n) is 5.33. The van der Waals surface area contributed by atoms with Crippen LogP contribution in [0, 0.1) is 19.8 Å². The van der Waals surface area contributed by atoms with Crippen LogP contribution in [-0.2, 0) is 4.79 Å². The molecule has 1 fully saturated rings. The molecule has 0 bridgehead atoms. The van der Waals surface area contributed by atoms with Crippen molar-refractivity contribution in [1.82, 2.24) is 4.90 Å². The van der Waals surface area contributed by atoms with Gasteiger partial charge in [-0.2, -0.15) is 12.6 Å². The van der Waals surface area contributed by atoms with E-state index in [1.54, 1.807) is 0 Å². The first-order chi connectivity index (χ1) is 8.52. The summed E-state index contributed by atoms with van der Waals surface area (Å²) < 4.78 is 0. The molecule has 2 unspecified atom stereocenters. The highest BCUT2D eigenvalue weighted by Gasteiger charge is 2.32. The summed E-state index contributed by atoms with van der Waals surface area (Å²) in [6, 6.07) is 6.62. The summed E-state index contributed by atoms with van der Waals surface area (Å²) in [5.74, 6) is 1.47. The van der Waals surface area contributed by atoms with Crippen LogP contribution in [0.15, 0.2) is 18.2 Å². The van der Waals surface area contributed by atoms with Crippen molar-refractivity contribution in [3.05, 3.63) is 34.9 Å². The Morgan fingerprint density at radius 1 is 1.44 bits per heavy atom. The van der Waals surface area contributed by atoms with E-state index in [0.29, 0.717) is 12.3 Å². The van der Waals surface area contributed by atoms with Crippen molar-refractivity contribution in [3.63, 3.8) is 0 Å². The van der Waals surface area contributed by atoms with Gasteiger partial charge in [-0.25, -0.2) is 0 Å². The average Bonchev–Trinajstić information content (AvgIpc) is 2.70. The van der Waals surface area contributed by atoms with Crippen molar-refractivity contribution >= 4 is 18.5 Å². The molecule has 2 rings (SSSR count). The number of carbonyl (C=O) groups is 1. The second kappa shape index (κ2) is 5.35. The Labute approximate surface area is 115 Å². The number of carbonyl (C=O) groups excluding carboxylic acids is 1. The molecular weight excluding hydrogens is 242 g/mol. The van der Waals surface area contributed by atoms with Crippen LogP contribution in [0.3, 0.4) is 0 Å². The van der Waals surface area contributed by atoms with Gasteiger partial charge in [0.05, 0.1) is 6.04 Å². The van der Waals surface area contributed by atoms with Crippen molar-refractivity contribution in [2.24, 2.45) is 5.92 Å². The Balaban J connectivity index is 2.21. The van der Waals surface area contributed by atoms with E-state index in [0.717, 1.165) is 12.3 Å². The minimum absolute atomic E-state index is 0.169. The lowest BCUT2D eigenvalue weighted by atomic mass is 9.99. The number of thiol groups is 1. The third-order valence-corrected chi connectivity index (χ3v) is 4.36. The summed E-state index contributed by atoms with van der Waals surface area (Å²) in [7, 11) is 0. The van der Waals surface area contributed by atoms with Crippen molar-refractivity contribution in [3.8, 4) is 0 Å². The summed E-state index contributed by atoms with van der Waals surface area (Å²) in [5, 5.41) is 0. The summed E-state index contributed by atoms with van der Waals surface area (Å²) in [4.78, 5) is 14.0. The zero-order valence-electron chi connectivity index (χ0n) is 11.3. The quantitative estimate of drug-likeness (QED) is 0.831. The SMILES string of the molecule is Cc1ccc(C(C)N2CC(CS)CC2=O)c(C)c1. The predicted octanol–water partition coefficient (Wildman–Crippen LogP) is 3.14. The van der Waals surface area contributed by atoms with Crippen molar-refractivity contribution < 1.29 is 4.79 Å². The summed E-state index contributed by atoms with van der Waals surface area (Å²) in [6.07, 6.45) is 0.652. The number of aryl methyl sites for hydroxylation is 2. The molecule has 3 heteroatoms. The van der Waals surface area contributed by atoms with Gasteiger partial charge in [-0.15, -0.1) is 0 Å². The normalized spacial score (nSPS) is 21.4. The standard InChI is InChI=1S/C15H21NOS/c1-10-4-5-14(11(2)6-10)12(3)16-8-13(9-18)7-15(16)17/h4-6,12-13,18H,7-9H2,1-3H3. The topological polar surface area (TPSA) is 20.3 Å². The van der Waals surface area contributed by atoms with Gasteiger partial charge in [0.25, 0.3) is 0 Å². The third-order valence-electron chi connectivity index (χ3n) is 3.84. The van der Waals surface area contributed by atoms with E-state index in [4.69, 9.17) is 0 Å². The lowest BCUT2D eigenvalue weighted by Crippen LogP contribution is -2.29. The molecule has 18 heavy (non-hydrogen) atoms. The molecule has 0 radical (unpaired) electrons. The van der Waals surface area contributed by atoms with Crippen molar-refractivity contribution in [2.45, 2.75) is 33.2 Å². The second-order valence-corrected chi connectivity index (χ2v) is 5.70. The van der Waals surface area contributed by atoms with Gasteiger partial charge in [-0.1, -0.05) is 23.8 Å². The van der Waals surface area contributed by atoms with Crippen LogP contribution in [-0.4, -0.2) is 23.1 Å². The first-order valence-corrected chi connectivity index (χ1v) is 7.13. The maximum absolute atomic E-state index is 12.0. The van der Waals surface area contributed by atoms with Crippen molar-refractivity contribution in [2.75, 3.05) is 12.3 Å². The largest absolute Gasteiger partial charge is 0.336 e. The number of amides is 1. The van der Waals surface area contributed by atoms with E-state index >= 15 is 0 Å². The zero-order valence-corrected chi connectivity index (χ0v) is 12.2. The Bertz CT molecular complexity index is 458. The number of benzene rings is 1. The average molecular weight is 263 g/mol. The van der Waals surface area contributed by atoms with E-state index in [1.807, 2.05) is 4.90 Å². The van der Waals surface area contributed by atoms with Crippen LogP contribution in [0.2, 0.25) is 0 Å². The van der Waals surface area contributed by atoms with Crippen LogP contribution in [0.5, 0.6) is 0 Å². The van der Waals surface area contributed by atoms with Crippen LogP contribution in [0.4, 0.5) is 0 Å². The first-order valence-electron chi connectivity index (χ1n) is 6.50. The Morgan fingerprint density at radius 3 is 2.72 bits per heavy atom. The molecular formula is C15H21NOS. The van der Waals surface area contributed by atoms with Gasteiger partial charge < -0.3 is 4.90 Å². The van der Waals surface area contributed by atoms with E-state index in [1.165, 1.54) is 16.7 Å². The highest BCUT2D eigenvalue weighted by Crippen LogP contribution is 2.30. The van der Waals surface area contributed by atoms with Gasteiger partial charge in [-0.3, -0.25) is 4.79 Å². The predicted molar refractivity (Wildman–Crippen MR) is 78.0 cm³/mol. The molecule has 0 N–H and O–H groups in total. The lowest BCUT2D eigenvalue weighted by Gasteiger charge is -2.26. The fraction of sp³-hybridized carbons (Fsp3) is 0.533. The fourth-order valence-corrected chi connectivity index (χ4v) is 3.01. The molecule has 2 atom stereocenters. The lowest BCUT2D eigenvalue weighted by molar-refractivity contribution is -0.129. The van der Waals surface area contributed by atoms with Crippen LogP contribution < -0.4 is 0 Å². The maximum Gasteiger partial charge on any atom is 0.223 e. The monoisotopic (exact) mass is 263 g/mol. The van der Waals surface area contributed by atoms with Gasteiger partial charge in [-0.05, 0) is 43.6 Å². The number of hydrogen-bond acceptors (Lipinski definition) is 2. The van der Waals surface area contributed by atoms with Gasteiger partial charge in [0, 0.05) is 13.0 Å². The van der Waals surface area contributed by atoms with Crippen LogP contribution >= 0.6 is 12.6 Å². The number of hydrogen-bond donors (Lipinski definition) is 1. The van der Waals surface area contributed by atoms with Crippen molar-refractivity contribution in [1.29, 1.82) is 0 Å². The molecule has 1 heterocycles. The first kappa shape index (κ1) is 13.5. The number of likely N-dealkylation sites (tertiary alicyclic amines) is 1. The molecule has 1 aliphatic rings. The summed E-state index contributed by atoms with van der Waals surface area (Å²) in [5.41, 5.74) is 3.79. The summed E-state index contributed by atoms with van der Waals surface area (Å²) in [6.45, 7) is 7.18. The molecule has 1 amide bonds. The maximum atomic E-state index is 12.0. The molecule has 98 valence electrons. The van der Waals surface area contributed by atoms with Gasteiger partial charge in [0.1, 0.15) is 0 Å². The van der Waals surface area contributed by atoms with Crippen LogP contribution in [0.25, 0.3) is 0 Å². The number of nitrogens with zero attached hydrogens (tertiary/aromatic N) is 1. The summed E-state index contributed by atoms with van der Waals surface area (Å²) >= 11 is 4.31. The minimum atomic E-state index is 0.169. The molecule has 1 saturated heterocycles.